The third kappa shape index (κ3) is 2.95. The zero-order valence-corrected chi connectivity index (χ0v) is 14.4. The SMILES string of the molecule is Cc1cc(C(=O)N[C@@H]2C[C@@H]2c2ccccc2)c(C)n1-c1ccccn1. The van der Waals surface area contributed by atoms with Crippen molar-refractivity contribution in [2.24, 2.45) is 0 Å². The van der Waals surface area contributed by atoms with Crippen molar-refractivity contribution in [3.05, 3.63) is 83.3 Å². The van der Waals surface area contributed by atoms with Gasteiger partial charge in [0, 0.05) is 29.5 Å². The number of pyridine rings is 1. The molecule has 1 N–H and O–H groups in total. The fraction of sp³-hybridized carbons (Fsp3) is 0.238. The van der Waals surface area contributed by atoms with Crippen LogP contribution in [0.1, 0.15) is 39.6 Å². The van der Waals surface area contributed by atoms with Crippen molar-refractivity contribution in [2.75, 3.05) is 0 Å². The van der Waals surface area contributed by atoms with Crippen molar-refractivity contribution >= 4 is 5.91 Å². The second-order valence-electron chi connectivity index (χ2n) is 6.64. The molecule has 3 aromatic rings. The Balaban J connectivity index is 1.52. The van der Waals surface area contributed by atoms with E-state index in [1.54, 1.807) is 6.20 Å². The molecular formula is C21H21N3O. The number of nitrogens with zero attached hydrogens (tertiary/aromatic N) is 2. The van der Waals surface area contributed by atoms with Gasteiger partial charge in [-0.3, -0.25) is 4.79 Å². The summed E-state index contributed by atoms with van der Waals surface area (Å²) in [5, 5.41) is 3.18. The summed E-state index contributed by atoms with van der Waals surface area (Å²) in [6.45, 7) is 3.97. The molecule has 0 spiro atoms. The smallest absolute Gasteiger partial charge is 0.253 e. The predicted molar refractivity (Wildman–Crippen MR) is 98.1 cm³/mol. The van der Waals surface area contributed by atoms with Gasteiger partial charge in [-0.15, -0.1) is 0 Å². The molecule has 4 rings (SSSR count). The molecule has 2 aromatic heterocycles. The summed E-state index contributed by atoms with van der Waals surface area (Å²) in [5.74, 6) is 1.27. The lowest BCUT2D eigenvalue weighted by Crippen LogP contribution is -2.27. The molecule has 2 heterocycles. The monoisotopic (exact) mass is 331 g/mol. The van der Waals surface area contributed by atoms with Crippen molar-refractivity contribution in [1.29, 1.82) is 0 Å². The Labute approximate surface area is 147 Å². The largest absolute Gasteiger partial charge is 0.349 e. The number of rotatable bonds is 4. The van der Waals surface area contributed by atoms with E-state index in [0.29, 0.717) is 5.92 Å². The van der Waals surface area contributed by atoms with E-state index in [4.69, 9.17) is 0 Å². The molecule has 1 aliphatic rings. The minimum atomic E-state index is -0.00119. The highest BCUT2D eigenvalue weighted by Gasteiger charge is 2.39. The van der Waals surface area contributed by atoms with Crippen LogP contribution in [0.15, 0.2) is 60.8 Å². The Morgan fingerprint density at radius 1 is 1.12 bits per heavy atom. The van der Waals surface area contributed by atoms with Crippen LogP contribution in [-0.2, 0) is 0 Å². The molecule has 0 bridgehead atoms. The van der Waals surface area contributed by atoms with Crippen molar-refractivity contribution in [3.63, 3.8) is 0 Å². The van der Waals surface area contributed by atoms with E-state index in [1.165, 1.54) is 5.56 Å². The van der Waals surface area contributed by atoms with Crippen LogP contribution in [0.5, 0.6) is 0 Å². The first-order valence-electron chi connectivity index (χ1n) is 8.61. The molecular weight excluding hydrogens is 310 g/mol. The second kappa shape index (κ2) is 6.20. The number of hydrogen-bond donors (Lipinski definition) is 1. The Hall–Kier alpha value is -2.88. The van der Waals surface area contributed by atoms with E-state index in [9.17, 15) is 4.79 Å². The first kappa shape index (κ1) is 15.6. The number of benzene rings is 1. The topological polar surface area (TPSA) is 46.9 Å². The lowest BCUT2D eigenvalue weighted by atomic mass is 10.1. The van der Waals surface area contributed by atoms with Gasteiger partial charge in [-0.25, -0.2) is 4.98 Å². The van der Waals surface area contributed by atoms with Gasteiger partial charge in [-0.05, 0) is 44.0 Å². The first-order chi connectivity index (χ1) is 12.1. The van der Waals surface area contributed by atoms with Gasteiger partial charge in [-0.2, -0.15) is 0 Å². The van der Waals surface area contributed by atoms with Crippen LogP contribution >= 0.6 is 0 Å². The molecule has 126 valence electrons. The lowest BCUT2D eigenvalue weighted by Gasteiger charge is -2.09. The summed E-state index contributed by atoms with van der Waals surface area (Å²) < 4.78 is 2.02. The van der Waals surface area contributed by atoms with Gasteiger partial charge in [0.1, 0.15) is 5.82 Å². The number of aryl methyl sites for hydroxylation is 1. The maximum absolute atomic E-state index is 12.7. The van der Waals surface area contributed by atoms with Gasteiger partial charge < -0.3 is 9.88 Å². The van der Waals surface area contributed by atoms with E-state index >= 15 is 0 Å². The van der Waals surface area contributed by atoms with Crippen LogP contribution in [0.2, 0.25) is 0 Å². The fourth-order valence-corrected chi connectivity index (χ4v) is 3.50. The molecule has 4 nitrogen and oxygen atoms in total. The first-order valence-corrected chi connectivity index (χ1v) is 8.61. The Kier molecular flexibility index (Phi) is 3.88. The van der Waals surface area contributed by atoms with E-state index in [1.807, 2.05) is 60.9 Å². The second-order valence-corrected chi connectivity index (χ2v) is 6.64. The number of carbonyl (C=O) groups excluding carboxylic acids is 1. The molecule has 4 heteroatoms. The number of carbonyl (C=O) groups is 1. The number of nitrogens with one attached hydrogen (secondary N) is 1. The molecule has 0 saturated heterocycles. The molecule has 1 aliphatic carbocycles. The normalized spacial score (nSPS) is 18.8. The van der Waals surface area contributed by atoms with Gasteiger partial charge in [0.15, 0.2) is 0 Å². The van der Waals surface area contributed by atoms with Gasteiger partial charge in [0.2, 0.25) is 0 Å². The van der Waals surface area contributed by atoms with E-state index < -0.39 is 0 Å². The van der Waals surface area contributed by atoms with Gasteiger partial charge >= 0.3 is 0 Å². The number of amides is 1. The van der Waals surface area contributed by atoms with Crippen LogP contribution in [-0.4, -0.2) is 21.5 Å². The molecule has 1 amide bonds. The summed E-state index contributed by atoms with van der Waals surface area (Å²) in [6.07, 6.45) is 2.78. The maximum Gasteiger partial charge on any atom is 0.253 e. The third-order valence-electron chi connectivity index (χ3n) is 4.89. The van der Waals surface area contributed by atoms with Crippen molar-refractivity contribution < 1.29 is 4.79 Å². The van der Waals surface area contributed by atoms with Crippen LogP contribution < -0.4 is 5.32 Å². The Morgan fingerprint density at radius 2 is 1.88 bits per heavy atom. The third-order valence-corrected chi connectivity index (χ3v) is 4.89. The lowest BCUT2D eigenvalue weighted by molar-refractivity contribution is 0.0949. The average Bonchev–Trinajstić information content (AvgIpc) is 3.33. The predicted octanol–water partition coefficient (Wildman–Crippen LogP) is 3.78. The molecule has 1 aromatic carbocycles. The Morgan fingerprint density at radius 3 is 2.60 bits per heavy atom. The molecule has 0 aliphatic heterocycles. The van der Waals surface area contributed by atoms with E-state index in [-0.39, 0.29) is 11.9 Å². The number of hydrogen-bond acceptors (Lipinski definition) is 2. The van der Waals surface area contributed by atoms with Crippen LogP contribution in [0.4, 0.5) is 0 Å². The average molecular weight is 331 g/mol. The summed E-state index contributed by atoms with van der Waals surface area (Å²) >= 11 is 0. The molecule has 1 saturated carbocycles. The summed E-state index contributed by atoms with van der Waals surface area (Å²) in [7, 11) is 0. The standard InChI is InChI=1S/C21H21N3O/c1-14-12-17(15(2)24(14)20-10-6-7-11-22-20)21(25)23-19-13-18(19)16-8-4-3-5-9-16/h3-12,18-19H,13H2,1-2H3,(H,23,25)/t18-,19-/m1/s1. The highest BCUT2D eigenvalue weighted by Crippen LogP contribution is 2.40. The van der Waals surface area contributed by atoms with Gasteiger partial charge in [-0.1, -0.05) is 36.4 Å². The van der Waals surface area contributed by atoms with Crippen LogP contribution in [0.25, 0.3) is 5.82 Å². The van der Waals surface area contributed by atoms with Crippen molar-refractivity contribution in [3.8, 4) is 5.82 Å². The minimum absolute atomic E-state index is 0.00119. The molecule has 25 heavy (non-hydrogen) atoms. The fourth-order valence-electron chi connectivity index (χ4n) is 3.50. The van der Waals surface area contributed by atoms with Crippen molar-refractivity contribution in [1.82, 2.24) is 14.9 Å². The highest BCUT2D eigenvalue weighted by atomic mass is 16.1. The molecule has 2 atom stereocenters. The summed E-state index contributed by atoms with van der Waals surface area (Å²) in [4.78, 5) is 17.1. The van der Waals surface area contributed by atoms with E-state index in [2.05, 4.69) is 22.4 Å². The maximum atomic E-state index is 12.7. The molecule has 0 radical (unpaired) electrons. The van der Waals surface area contributed by atoms with Crippen molar-refractivity contribution in [2.45, 2.75) is 32.2 Å². The van der Waals surface area contributed by atoms with Gasteiger partial charge in [0.25, 0.3) is 5.91 Å². The summed E-state index contributed by atoms with van der Waals surface area (Å²) in [5.41, 5.74) is 3.95. The van der Waals surface area contributed by atoms with Crippen LogP contribution in [0, 0.1) is 13.8 Å². The van der Waals surface area contributed by atoms with E-state index in [0.717, 1.165) is 29.2 Å². The zero-order chi connectivity index (χ0) is 17.4. The van der Waals surface area contributed by atoms with Crippen LogP contribution in [0.3, 0.4) is 0 Å². The van der Waals surface area contributed by atoms with Gasteiger partial charge in [0.05, 0.1) is 5.56 Å². The minimum Gasteiger partial charge on any atom is -0.349 e. The zero-order valence-electron chi connectivity index (χ0n) is 14.4. The highest BCUT2D eigenvalue weighted by molar-refractivity contribution is 5.96. The number of aromatic nitrogens is 2. The Bertz CT molecular complexity index is 900. The summed E-state index contributed by atoms with van der Waals surface area (Å²) in [6, 6.07) is 18.3. The quantitative estimate of drug-likeness (QED) is 0.791. The molecule has 1 fully saturated rings. The molecule has 0 unspecified atom stereocenters.